The number of aryl methyl sites for hydroxylation is 1. The predicted molar refractivity (Wildman–Crippen MR) is 103 cm³/mol. The molecule has 130 valence electrons. The van der Waals surface area contributed by atoms with E-state index in [2.05, 4.69) is 32.9 Å². The van der Waals surface area contributed by atoms with Crippen molar-refractivity contribution in [3.63, 3.8) is 0 Å². The highest BCUT2D eigenvalue weighted by molar-refractivity contribution is 14.1. The van der Waals surface area contributed by atoms with E-state index in [1.165, 1.54) is 23.2 Å². The first kappa shape index (κ1) is 17.7. The first-order valence-corrected chi connectivity index (χ1v) is 8.62. The van der Waals surface area contributed by atoms with Crippen LogP contribution in [-0.2, 0) is 25.4 Å². The molecule has 0 saturated heterocycles. The van der Waals surface area contributed by atoms with Gasteiger partial charge < -0.3 is 5.32 Å². The van der Waals surface area contributed by atoms with Crippen LogP contribution in [0.2, 0.25) is 5.28 Å². The summed E-state index contributed by atoms with van der Waals surface area (Å²) >= 11 is 8.26. The molecule has 10 heteroatoms. The summed E-state index contributed by atoms with van der Waals surface area (Å²) in [7, 11) is 2.85. The molecule has 0 bridgehead atoms. The molecular weight excluding hydrogens is 461 g/mol. The van der Waals surface area contributed by atoms with Crippen LogP contribution in [0.4, 0.5) is 5.69 Å². The molecule has 1 amide bonds. The Morgan fingerprint density at radius 3 is 2.48 bits per heavy atom. The zero-order valence-corrected chi connectivity index (χ0v) is 16.2. The molecule has 2 aromatic heterocycles. The second-order valence-corrected chi connectivity index (χ2v) is 6.98. The highest BCUT2D eigenvalue weighted by Gasteiger charge is 2.19. The molecule has 0 radical (unpaired) electrons. The number of rotatable bonds is 3. The number of hydrogen-bond acceptors (Lipinski definition) is 4. The van der Waals surface area contributed by atoms with E-state index in [9.17, 15) is 14.4 Å². The van der Waals surface area contributed by atoms with Gasteiger partial charge in [0.2, 0.25) is 11.2 Å². The number of fused-ring (bicyclic) bond motifs is 1. The summed E-state index contributed by atoms with van der Waals surface area (Å²) in [6.07, 6.45) is 0. The Kier molecular flexibility index (Phi) is 4.69. The number of aromatic nitrogens is 4. The highest BCUT2D eigenvalue weighted by atomic mass is 127. The van der Waals surface area contributed by atoms with E-state index in [0.29, 0.717) is 5.69 Å². The van der Waals surface area contributed by atoms with Crippen molar-refractivity contribution in [3.8, 4) is 0 Å². The second kappa shape index (κ2) is 6.64. The van der Waals surface area contributed by atoms with Crippen LogP contribution in [0, 0.1) is 3.57 Å². The van der Waals surface area contributed by atoms with Crippen molar-refractivity contribution in [2.45, 2.75) is 6.54 Å². The first-order valence-electron chi connectivity index (χ1n) is 7.16. The fourth-order valence-corrected chi connectivity index (χ4v) is 3.03. The molecule has 0 saturated carbocycles. The van der Waals surface area contributed by atoms with Crippen LogP contribution in [0.15, 0.2) is 33.9 Å². The number of amides is 1. The Hall–Kier alpha value is -2.14. The Labute approximate surface area is 160 Å². The topological polar surface area (TPSA) is 90.9 Å². The minimum Gasteiger partial charge on any atom is -0.325 e. The predicted octanol–water partition coefficient (Wildman–Crippen LogP) is 1.33. The van der Waals surface area contributed by atoms with Crippen molar-refractivity contribution in [2.75, 3.05) is 5.32 Å². The lowest BCUT2D eigenvalue weighted by Crippen LogP contribution is -2.37. The van der Waals surface area contributed by atoms with Gasteiger partial charge in [0.15, 0.2) is 11.2 Å². The lowest BCUT2D eigenvalue weighted by atomic mass is 10.3. The van der Waals surface area contributed by atoms with E-state index in [4.69, 9.17) is 11.6 Å². The first-order chi connectivity index (χ1) is 11.8. The summed E-state index contributed by atoms with van der Waals surface area (Å²) in [6, 6.07) is 7.27. The maximum Gasteiger partial charge on any atom is 0.332 e. The molecule has 0 spiro atoms. The Morgan fingerprint density at radius 2 is 1.84 bits per heavy atom. The maximum atomic E-state index is 12.4. The third-order valence-corrected chi connectivity index (χ3v) is 4.74. The molecule has 8 nitrogen and oxygen atoms in total. The van der Waals surface area contributed by atoms with Crippen molar-refractivity contribution in [1.29, 1.82) is 0 Å². The minimum absolute atomic E-state index is 0.0361. The van der Waals surface area contributed by atoms with Crippen LogP contribution in [0.5, 0.6) is 0 Å². The quantitative estimate of drug-likeness (QED) is 0.459. The SMILES string of the molecule is Cn1c(=O)c2c(nc(Cl)n2CC(=O)Nc2ccc(I)cc2)n(C)c1=O. The molecule has 0 unspecified atom stereocenters. The van der Waals surface area contributed by atoms with Crippen LogP contribution in [0.25, 0.3) is 11.2 Å². The molecule has 3 aromatic rings. The average Bonchev–Trinajstić information content (AvgIpc) is 2.90. The molecular formula is C15H13ClIN5O3. The van der Waals surface area contributed by atoms with Gasteiger partial charge in [-0.05, 0) is 58.5 Å². The van der Waals surface area contributed by atoms with E-state index in [1.807, 2.05) is 12.1 Å². The molecule has 3 rings (SSSR count). The molecule has 0 fully saturated rings. The van der Waals surface area contributed by atoms with E-state index < -0.39 is 11.2 Å². The van der Waals surface area contributed by atoms with E-state index in [0.717, 1.165) is 8.14 Å². The van der Waals surface area contributed by atoms with E-state index in [-0.39, 0.29) is 28.9 Å². The lowest BCUT2D eigenvalue weighted by Gasteiger charge is -2.08. The number of imidazole rings is 1. The van der Waals surface area contributed by atoms with Crippen molar-refractivity contribution >= 4 is 57.0 Å². The number of carbonyl (C=O) groups excluding carboxylic acids is 1. The fourth-order valence-electron chi connectivity index (χ4n) is 2.44. The fraction of sp³-hybridized carbons (Fsp3) is 0.200. The lowest BCUT2D eigenvalue weighted by molar-refractivity contribution is -0.116. The summed E-state index contributed by atoms with van der Waals surface area (Å²) < 4.78 is 4.51. The number of nitrogens with zero attached hydrogens (tertiary/aromatic N) is 4. The van der Waals surface area contributed by atoms with Crippen molar-refractivity contribution in [1.82, 2.24) is 18.7 Å². The van der Waals surface area contributed by atoms with Gasteiger partial charge in [-0.15, -0.1) is 0 Å². The van der Waals surface area contributed by atoms with Crippen molar-refractivity contribution < 1.29 is 4.79 Å². The van der Waals surface area contributed by atoms with Gasteiger partial charge in [-0.2, -0.15) is 4.98 Å². The molecule has 1 N–H and O–H groups in total. The highest BCUT2D eigenvalue weighted by Crippen LogP contribution is 2.16. The van der Waals surface area contributed by atoms with Gasteiger partial charge in [0.05, 0.1) is 0 Å². The number of benzene rings is 1. The zero-order valence-electron chi connectivity index (χ0n) is 13.3. The maximum absolute atomic E-state index is 12.4. The molecule has 0 aliphatic heterocycles. The molecule has 0 aliphatic rings. The van der Waals surface area contributed by atoms with Gasteiger partial charge in [-0.3, -0.25) is 23.3 Å². The van der Waals surface area contributed by atoms with Gasteiger partial charge in [0.1, 0.15) is 6.54 Å². The monoisotopic (exact) mass is 473 g/mol. The Balaban J connectivity index is 2.00. The van der Waals surface area contributed by atoms with E-state index >= 15 is 0 Å². The number of anilines is 1. The summed E-state index contributed by atoms with van der Waals surface area (Å²) in [6.45, 7) is -0.200. The average molecular weight is 474 g/mol. The minimum atomic E-state index is -0.556. The third kappa shape index (κ3) is 3.21. The summed E-state index contributed by atoms with van der Waals surface area (Å²) in [4.78, 5) is 40.7. The van der Waals surface area contributed by atoms with Gasteiger partial charge in [-0.1, -0.05) is 0 Å². The van der Waals surface area contributed by atoms with Gasteiger partial charge >= 0.3 is 5.69 Å². The number of nitrogens with one attached hydrogen (secondary N) is 1. The molecule has 25 heavy (non-hydrogen) atoms. The third-order valence-electron chi connectivity index (χ3n) is 3.73. The number of halogens is 2. The Bertz CT molecular complexity index is 1100. The summed E-state index contributed by atoms with van der Waals surface area (Å²) in [5.74, 6) is -0.363. The van der Waals surface area contributed by atoms with Gasteiger partial charge in [0, 0.05) is 23.4 Å². The Morgan fingerprint density at radius 1 is 1.20 bits per heavy atom. The molecule has 2 heterocycles. The largest absolute Gasteiger partial charge is 0.332 e. The van der Waals surface area contributed by atoms with Crippen LogP contribution in [0.1, 0.15) is 0 Å². The van der Waals surface area contributed by atoms with Gasteiger partial charge in [-0.25, -0.2) is 4.79 Å². The standard InChI is InChI=1S/C15H13ClIN5O3/c1-20-12-11(13(24)21(2)15(20)25)22(14(16)19-12)7-10(23)18-9-5-3-8(17)4-6-9/h3-6H,7H2,1-2H3,(H,18,23). The zero-order chi connectivity index (χ0) is 18.3. The van der Waals surface area contributed by atoms with Crippen LogP contribution < -0.4 is 16.6 Å². The smallest absolute Gasteiger partial charge is 0.325 e. The normalized spacial score (nSPS) is 11.0. The van der Waals surface area contributed by atoms with Gasteiger partial charge in [0.25, 0.3) is 5.56 Å². The molecule has 0 aliphatic carbocycles. The van der Waals surface area contributed by atoms with Crippen LogP contribution in [-0.4, -0.2) is 24.6 Å². The van der Waals surface area contributed by atoms with Crippen molar-refractivity contribution in [2.24, 2.45) is 14.1 Å². The number of carbonyl (C=O) groups is 1. The van der Waals surface area contributed by atoms with Crippen LogP contribution in [0.3, 0.4) is 0 Å². The summed E-state index contributed by atoms with van der Waals surface area (Å²) in [5, 5.41) is 2.70. The molecule has 0 atom stereocenters. The van der Waals surface area contributed by atoms with Crippen molar-refractivity contribution in [3.05, 3.63) is 54.0 Å². The number of hydrogen-bond donors (Lipinski definition) is 1. The second-order valence-electron chi connectivity index (χ2n) is 5.40. The summed E-state index contributed by atoms with van der Waals surface area (Å²) in [5.41, 5.74) is -0.194. The van der Waals surface area contributed by atoms with Crippen LogP contribution >= 0.6 is 34.2 Å². The van der Waals surface area contributed by atoms with E-state index in [1.54, 1.807) is 12.1 Å². The molecule has 1 aromatic carbocycles.